The number of aliphatic hydroxyl groups excluding tert-OH is 1. The van der Waals surface area contributed by atoms with Crippen LogP contribution in [0.2, 0.25) is 0 Å². The van der Waals surface area contributed by atoms with Gasteiger partial charge in [0.1, 0.15) is 52.5 Å². The van der Waals surface area contributed by atoms with Gasteiger partial charge in [-0.25, -0.2) is 19.7 Å². The lowest BCUT2D eigenvalue weighted by Crippen LogP contribution is -2.37. The summed E-state index contributed by atoms with van der Waals surface area (Å²) in [5.74, 6) is 1.58. The number of fused-ring (bicyclic) bond motifs is 1. The van der Waals surface area contributed by atoms with Gasteiger partial charge in [0.2, 0.25) is 17.8 Å². The molecule has 21 nitrogen and oxygen atoms in total. The highest BCUT2D eigenvalue weighted by Crippen LogP contribution is 2.34. The van der Waals surface area contributed by atoms with Gasteiger partial charge in [0.25, 0.3) is 5.69 Å². The maximum atomic E-state index is 12.8. The van der Waals surface area contributed by atoms with Crippen molar-refractivity contribution in [2.45, 2.75) is 75.9 Å². The topological polar surface area (TPSA) is 284 Å². The Balaban J connectivity index is 0. The summed E-state index contributed by atoms with van der Waals surface area (Å²) in [4.78, 5) is 61.8. The zero-order valence-corrected chi connectivity index (χ0v) is 42.9. The number of imidazole rings is 1. The van der Waals surface area contributed by atoms with Crippen LogP contribution in [0.3, 0.4) is 0 Å². The number of carbonyl (C=O) groups is 3. The molecule has 0 aliphatic carbocycles. The molecule has 83 heavy (non-hydrogen) atoms. The van der Waals surface area contributed by atoms with Gasteiger partial charge < -0.3 is 56.2 Å². The SMILES string of the molecule is C.C.C.C.C.CNc1ccc(Oc2ccnc(NC(=O)CNC(=O)OC(C)(C)C)c2)cc1[N+](=O)[O-].CO.Cn1c(Nc2ccc(C(F)(F)F)cc2)nc2cc(Oc3ccnc(NC(=O)CN)c3)ccc21.FC(F)(F)c1ccc(N=C=S)cc1. The van der Waals surface area contributed by atoms with E-state index in [0.717, 1.165) is 36.9 Å². The van der Waals surface area contributed by atoms with E-state index in [0.29, 0.717) is 51.6 Å². The fourth-order valence-corrected chi connectivity index (χ4v) is 6.25. The number of hydrogen-bond donors (Lipinski definition) is 7. The number of anilines is 5. The molecule has 0 fully saturated rings. The molecule has 0 saturated carbocycles. The molecular formula is C55H70F6N12O9S. The van der Waals surface area contributed by atoms with Crippen molar-refractivity contribution in [2.24, 2.45) is 17.8 Å². The van der Waals surface area contributed by atoms with Crippen LogP contribution in [-0.4, -0.2) is 85.5 Å². The number of aliphatic hydroxyl groups is 1. The number of nitrogens with zero attached hydrogens (tertiary/aromatic N) is 6. The molecule has 452 valence electrons. The number of hydrogen-bond acceptors (Lipinski definition) is 17. The summed E-state index contributed by atoms with van der Waals surface area (Å²) >= 11 is 4.30. The number of alkyl halides is 6. The lowest BCUT2D eigenvalue weighted by atomic mass is 10.2. The number of nitro groups is 1. The molecular weight excluding hydrogens is 1120 g/mol. The molecule has 0 bridgehead atoms. The van der Waals surface area contributed by atoms with E-state index < -0.39 is 46.0 Å². The van der Waals surface area contributed by atoms with Gasteiger partial charge in [-0.2, -0.15) is 31.3 Å². The second kappa shape index (κ2) is 34.8. The Morgan fingerprint density at radius 3 is 1.69 bits per heavy atom. The normalized spacial score (nSPS) is 10.1. The second-order valence-electron chi connectivity index (χ2n) is 16.4. The van der Waals surface area contributed by atoms with Crippen LogP contribution in [0.15, 0.2) is 127 Å². The summed E-state index contributed by atoms with van der Waals surface area (Å²) in [6.07, 6.45) is -6.51. The number of benzene rings is 4. The van der Waals surface area contributed by atoms with Crippen molar-refractivity contribution in [3.63, 3.8) is 0 Å². The predicted molar refractivity (Wildman–Crippen MR) is 315 cm³/mol. The number of rotatable bonds is 14. The molecule has 3 heterocycles. The van der Waals surface area contributed by atoms with Crippen molar-refractivity contribution in [3.8, 4) is 23.0 Å². The van der Waals surface area contributed by atoms with Crippen LogP contribution in [0.4, 0.5) is 71.5 Å². The summed E-state index contributed by atoms with van der Waals surface area (Å²) in [5, 5.41) is 33.4. The Bertz CT molecular complexity index is 3230. The summed E-state index contributed by atoms with van der Waals surface area (Å²) in [6.45, 7) is 4.67. The van der Waals surface area contributed by atoms with Gasteiger partial charge in [-0.05, 0) is 118 Å². The third kappa shape index (κ3) is 24.6. The lowest BCUT2D eigenvalue weighted by molar-refractivity contribution is -0.384. The molecule has 3 aromatic heterocycles. The van der Waals surface area contributed by atoms with Crippen molar-refractivity contribution in [1.29, 1.82) is 0 Å². The predicted octanol–water partition coefficient (Wildman–Crippen LogP) is 13.9. The van der Waals surface area contributed by atoms with Crippen LogP contribution in [0.25, 0.3) is 11.0 Å². The maximum Gasteiger partial charge on any atom is 0.416 e. The minimum absolute atomic E-state index is 0. The van der Waals surface area contributed by atoms with E-state index in [9.17, 15) is 50.8 Å². The number of isothiocyanates is 1. The molecule has 0 unspecified atom stereocenters. The number of nitro benzene ring substituents is 1. The van der Waals surface area contributed by atoms with Gasteiger partial charge in [-0.3, -0.25) is 19.7 Å². The first-order valence-electron chi connectivity index (χ1n) is 22.4. The highest BCUT2D eigenvalue weighted by molar-refractivity contribution is 7.78. The number of nitrogens with two attached hydrogens (primary N) is 1. The van der Waals surface area contributed by atoms with E-state index in [-0.39, 0.29) is 73.4 Å². The fraction of sp³-hybridized carbons (Fsp3) is 0.291. The average Bonchev–Trinajstić information content (AvgIpc) is 4.01. The zero-order chi connectivity index (χ0) is 57.8. The standard InChI is InChI=1S/C22H19F3N6O2.C19H23N5O6.C8H4F3NS.CH4O.5CH4/c1-31-18-7-6-15(33-16-8-9-27-19(11-16)30-20(32)12-26)10-17(18)29-21(31)28-14-4-2-13(3-5-14)22(23,24)25;1-19(2,3)30-18(26)22-11-17(25)23-16-10-13(7-8-21-16)29-12-5-6-14(20-4)15(9-12)24(27)28;9-8(10,11)6-1-3-7(4-2-6)12-5-13;1-2;;;;;/h2-11H,12,26H2,1H3,(H,28,29)(H,27,30,32);5-10,20H,11H2,1-4H3,(H,22,26)(H,21,23,25);1-4H;2H,1H3;5*1H4. The van der Waals surface area contributed by atoms with Crippen LogP contribution in [0, 0.1) is 10.1 Å². The summed E-state index contributed by atoms with van der Waals surface area (Å²) in [6, 6.07) is 25.0. The number of ether oxygens (including phenoxy) is 3. The Labute approximate surface area is 482 Å². The smallest absolute Gasteiger partial charge is 0.416 e. The van der Waals surface area contributed by atoms with E-state index in [1.165, 1.54) is 60.9 Å². The monoisotopic (exact) mass is 1190 g/mol. The average molecular weight is 1190 g/mol. The van der Waals surface area contributed by atoms with Crippen molar-refractivity contribution < 1.29 is 65.0 Å². The summed E-state index contributed by atoms with van der Waals surface area (Å²) < 4.78 is 92.7. The van der Waals surface area contributed by atoms with Crippen molar-refractivity contribution in [3.05, 3.63) is 143 Å². The second-order valence-corrected chi connectivity index (χ2v) is 16.6. The molecule has 0 saturated heterocycles. The van der Waals surface area contributed by atoms with E-state index in [1.54, 1.807) is 69.8 Å². The Morgan fingerprint density at radius 1 is 0.735 bits per heavy atom. The first kappa shape index (κ1) is 75.8. The Morgan fingerprint density at radius 2 is 1.22 bits per heavy atom. The van der Waals surface area contributed by atoms with Gasteiger partial charge in [-0.1, -0.05) is 37.1 Å². The molecule has 0 atom stereocenters. The fourth-order valence-electron chi connectivity index (χ4n) is 6.15. The van der Waals surface area contributed by atoms with E-state index in [4.69, 9.17) is 25.1 Å². The molecule has 0 radical (unpaired) electrons. The van der Waals surface area contributed by atoms with Gasteiger partial charge in [0.15, 0.2) is 0 Å². The van der Waals surface area contributed by atoms with Crippen molar-refractivity contribution in [2.75, 3.05) is 48.5 Å². The molecule has 0 aliphatic heterocycles. The molecule has 0 aliphatic rings. The number of pyridine rings is 2. The van der Waals surface area contributed by atoms with Gasteiger partial charge in [-0.15, -0.1) is 0 Å². The number of aryl methyl sites for hydroxylation is 1. The van der Waals surface area contributed by atoms with Crippen LogP contribution < -0.4 is 41.8 Å². The molecule has 7 aromatic rings. The number of amides is 3. The third-order valence-corrected chi connectivity index (χ3v) is 9.66. The van der Waals surface area contributed by atoms with E-state index >= 15 is 0 Å². The summed E-state index contributed by atoms with van der Waals surface area (Å²) in [5.41, 5.74) is 5.67. The van der Waals surface area contributed by atoms with Crippen LogP contribution in [0.1, 0.15) is 69.0 Å². The number of nitrogens with one attached hydrogen (secondary N) is 5. The van der Waals surface area contributed by atoms with Crippen LogP contribution in [0.5, 0.6) is 23.0 Å². The van der Waals surface area contributed by atoms with Gasteiger partial charge in [0, 0.05) is 57.5 Å². The third-order valence-electron chi connectivity index (χ3n) is 9.57. The molecule has 8 N–H and O–H groups in total. The highest BCUT2D eigenvalue weighted by atomic mass is 32.1. The van der Waals surface area contributed by atoms with Crippen molar-refractivity contribution in [1.82, 2.24) is 24.8 Å². The van der Waals surface area contributed by atoms with E-state index in [2.05, 4.69) is 63.9 Å². The van der Waals surface area contributed by atoms with Crippen LogP contribution >= 0.6 is 12.2 Å². The molecule has 28 heteroatoms. The Kier molecular flexibility index (Phi) is 31.8. The minimum atomic E-state index is -4.39. The zero-order valence-electron chi connectivity index (χ0n) is 42.1. The first-order chi connectivity index (χ1) is 36.8. The number of aromatic nitrogens is 4. The number of aliphatic imine (C=N–C) groups is 1. The summed E-state index contributed by atoms with van der Waals surface area (Å²) in [7, 11) is 4.37. The number of alkyl carbamates (subject to hydrolysis) is 1. The molecule has 3 amide bonds. The largest absolute Gasteiger partial charge is 0.457 e. The molecule has 7 rings (SSSR count). The first-order valence-corrected chi connectivity index (χ1v) is 22.9. The van der Waals surface area contributed by atoms with Gasteiger partial charge >= 0.3 is 18.4 Å². The molecule has 0 spiro atoms. The lowest BCUT2D eigenvalue weighted by Gasteiger charge is -2.19. The van der Waals surface area contributed by atoms with E-state index in [1.807, 2.05) is 6.07 Å². The van der Waals surface area contributed by atoms with Gasteiger partial charge in [0.05, 0.1) is 50.5 Å². The maximum absolute atomic E-state index is 12.8. The number of thiocarbonyl (C=S) groups is 1. The van der Waals surface area contributed by atoms with Crippen molar-refractivity contribution >= 4 is 86.7 Å². The highest BCUT2D eigenvalue weighted by Gasteiger charge is 2.31. The number of halogens is 6. The minimum Gasteiger partial charge on any atom is -0.457 e. The number of carbonyl (C=O) groups excluding carboxylic acids is 3. The quantitative estimate of drug-likeness (QED) is 0.0175. The molecule has 4 aromatic carbocycles. The van der Waals surface area contributed by atoms with Crippen LogP contribution in [-0.2, 0) is 33.7 Å². The Hall–Kier alpha value is -9.24.